The van der Waals surface area contributed by atoms with Gasteiger partial charge in [-0.15, -0.1) is 0 Å². The average Bonchev–Trinajstić information content (AvgIpc) is 4.18. The predicted octanol–water partition coefficient (Wildman–Crippen LogP) is 14.2. The van der Waals surface area contributed by atoms with Crippen molar-refractivity contribution >= 4 is 106 Å². The van der Waals surface area contributed by atoms with Crippen LogP contribution in [0, 0.1) is 20.2 Å². The first kappa shape index (κ1) is 52.6. The number of halogens is 3. The first-order chi connectivity index (χ1) is 38.6. The summed E-state index contributed by atoms with van der Waals surface area (Å²) in [5.41, 5.74) is 8.02. The Morgan fingerprint density at radius 3 is 1.43 bits per heavy atom. The van der Waals surface area contributed by atoms with Crippen molar-refractivity contribution in [3.8, 4) is 11.3 Å². The topological polar surface area (TPSA) is 179 Å². The molecule has 10 aromatic rings. The van der Waals surface area contributed by atoms with Crippen molar-refractivity contribution < 1.29 is 19.3 Å². The zero-order valence-corrected chi connectivity index (χ0v) is 45.3. The van der Waals surface area contributed by atoms with Gasteiger partial charge in [0.15, 0.2) is 0 Å². The molecule has 0 amide bonds. The van der Waals surface area contributed by atoms with Crippen LogP contribution in [0.5, 0.6) is 0 Å². The minimum atomic E-state index is -0.831. The highest BCUT2D eigenvalue weighted by molar-refractivity contribution is 9.10. The number of ether oxygens (including phenoxy) is 2. The molecule has 2 fully saturated rings. The summed E-state index contributed by atoms with van der Waals surface area (Å²) >= 11 is 16.1. The lowest BCUT2D eigenvalue weighted by atomic mass is 9.77. The minimum absolute atomic E-state index is 0.0241. The van der Waals surface area contributed by atoms with Gasteiger partial charge in [-0.25, -0.2) is 4.98 Å². The number of fused-ring (bicyclic) bond motifs is 2. The fraction of sp³-hybridized carbons (Fsp3) is 0.150. The molecule has 0 saturated carbocycles. The van der Waals surface area contributed by atoms with Gasteiger partial charge in [-0.1, -0.05) is 138 Å². The van der Waals surface area contributed by atoms with Crippen LogP contribution in [0.2, 0.25) is 10.0 Å². The van der Waals surface area contributed by atoms with Crippen molar-refractivity contribution in [1.82, 2.24) is 19.5 Å². The molecule has 2 aliphatic rings. The molecule has 2 N–H and O–H groups in total. The van der Waals surface area contributed by atoms with Crippen LogP contribution < -0.4 is 20.4 Å². The van der Waals surface area contributed by atoms with Gasteiger partial charge in [-0.3, -0.25) is 30.2 Å². The summed E-state index contributed by atoms with van der Waals surface area (Å²) in [6, 6.07) is 52.6. The Balaban J connectivity index is 0.000000199. The monoisotopic (exact) mass is 1150 g/mol. The summed E-state index contributed by atoms with van der Waals surface area (Å²) < 4.78 is 13.5. The van der Waals surface area contributed by atoms with Gasteiger partial charge in [-0.2, -0.15) is 0 Å². The highest BCUT2D eigenvalue weighted by Gasteiger charge is 2.39. The van der Waals surface area contributed by atoms with Gasteiger partial charge in [0.05, 0.1) is 79.4 Å². The predicted molar refractivity (Wildman–Crippen MR) is 316 cm³/mol. The molecule has 19 heteroatoms. The lowest BCUT2D eigenvalue weighted by Gasteiger charge is -2.37. The Bertz CT molecular complexity index is 3750. The number of para-hydroxylation sites is 2. The Hall–Kier alpha value is -8.45. The van der Waals surface area contributed by atoms with E-state index in [0.29, 0.717) is 99.1 Å². The second-order valence-electron chi connectivity index (χ2n) is 18.6. The lowest BCUT2D eigenvalue weighted by Crippen LogP contribution is -2.36. The van der Waals surface area contributed by atoms with E-state index in [1.54, 1.807) is 55.1 Å². The Morgan fingerprint density at radius 1 is 0.532 bits per heavy atom. The molecule has 0 bridgehead atoms. The summed E-state index contributed by atoms with van der Waals surface area (Å²) in [6.07, 6.45) is 6.97. The molecule has 0 atom stereocenters. The van der Waals surface area contributed by atoms with E-state index >= 15 is 0 Å². The average molecular weight is 1160 g/mol. The molecule has 7 aromatic carbocycles. The van der Waals surface area contributed by atoms with Gasteiger partial charge >= 0.3 is 11.4 Å². The molecule has 0 aliphatic carbocycles. The number of nitrogens with one attached hydrogen (secondary N) is 2. The van der Waals surface area contributed by atoms with Crippen LogP contribution in [-0.4, -0.2) is 82.0 Å². The standard InChI is InChI=1S/C41H33ClN6O3.C19H16BrClN4O3/c42-35-18-10-17-33-36(19-20-43-39(33)35)45-37-26-32(46-21-23-51-24-22-46)25-34(40(37)48(49)50)38-27-47(28-44-38)41(29-11-4-1-5-12-29,30-13-6-2-7-14-30)31-15-8-3-9-16-31;20-14-10-12(24-6-8-28-9-7-24)11-17(19(14)25(26)27)23-16-4-5-22-18-13(16)2-1-3-15(18)21/h1-20,25-28H,21-24H2,(H,43,45);1-5,10-11H,6-9H2,(H,22,23). The van der Waals surface area contributed by atoms with E-state index in [1.165, 1.54) is 0 Å². The molecule has 16 nitrogen and oxygen atoms in total. The van der Waals surface area contributed by atoms with E-state index < -0.39 is 10.5 Å². The van der Waals surface area contributed by atoms with Gasteiger partial charge in [0, 0.05) is 78.3 Å². The molecule has 0 radical (unpaired) electrons. The zero-order valence-electron chi connectivity index (χ0n) is 42.2. The van der Waals surface area contributed by atoms with Gasteiger partial charge in [0.1, 0.15) is 16.9 Å². The van der Waals surface area contributed by atoms with Crippen LogP contribution in [0.3, 0.4) is 0 Å². The molecular weight excluding hydrogens is 1110 g/mol. The third-order valence-corrected chi connectivity index (χ3v) is 15.3. The Kier molecular flexibility index (Phi) is 15.5. The van der Waals surface area contributed by atoms with Crippen molar-refractivity contribution in [2.45, 2.75) is 5.54 Å². The van der Waals surface area contributed by atoms with Crippen LogP contribution >= 0.6 is 39.1 Å². The number of rotatable bonds is 13. The van der Waals surface area contributed by atoms with Crippen molar-refractivity contribution in [3.63, 3.8) is 0 Å². The third-order valence-electron chi connectivity index (χ3n) is 14.1. The molecule has 79 heavy (non-hydrogen) atoms. The number of hydrogen-bond acceptors (Lipinski definition) is 13. The highest BCUT2D eigenvalue weighted by atomic mass is 79.9. The van der Waals surface area contributed by atoms with Crippen molar-refractivity contribution in [2.75, 3.05) is 73.0 Å². The Morgan fingerprint density at radius 2 is 0.975 bits per heavy atom. The van der Waals surface area contributed by atoms with E-state index in [4.69, 9.17) is 37.7 Å². The number of morpholine rings is 2. The number of anilines is 6. The first-order valence-electron chi connectivity index (χ1n) is 25.4. The summed E-state index contributed by atoms with van der Waals surface area (Å²) in [5, 5.41) is 34.0. The van der Waals surface area contributed by atoms with Crippen molar-refractivity contribution in [1.29, 1.82) is 0 Å². The fourth-order valence-corrected chi connectivity index (χ4v) is 11.4. The summed E-state index contributed by atoms with van der Waals surface area (Å²) in [6.45, 7) is 5.15. The number of hydrogen-bond donors (Lipinski definition) is 2. The normalized spacial score (nSPS) is 13.7. The first-order valence-corrected chi connectivity index (χ1v) is 26.9. The SMILES string of the molecule is O=[N+]([O-])c1c(Br)cc(N2CCOCC2)cc1Nc1ccnc2c(Cl)cccc12.O=[N+]([O-])c1c(Nc2ccnc3c(Cl)cccc23)cc(N2CCOCC2)cc1-c1cn(C(c2ccccc2)(c2ccccc2)c2ccccc2)cn1. The molecule has 2 aliphatic heterocycles. The number of pyridine rings is 2. The fourth-order valence-electron chi connectivity index (χ4n) is 10.4. The molecule has 0 spiro atoms. The number of imidazole rings is 1. The summed E-state index contributed by atoms with van der Waals surface area (Å²) in [5.74, 6) is 0. The maximum Gasteiger partial charge on any atom is 0.306 e. The second-order valence-corrected chi connectivity index (χ2v) is 20.3. The molecule has 5 heterocycles. The second kappa shape index (κ2) is 23.3. The largest absolute Gasteiger partial charge is 0.378 e. The van der Waals surface area contributed by atoms with Crippen LogP contribution in [0.4, 0.5) is 45.5 Å². The number of nitrogens with zero attached hydrogens (tertiary/aromatic N) is 8. The van der Waals surface area contributed by atoms with E-state index in [-0.39, 0.29) is 16.3 Å². The molecule has 396 valence electrons. The van der Waals surface area contributed by atoms with Crippen molar-refractivity contribution in [2.24, 2.45) is 0 Å². The summed E-state index contributed by atoms with van der Waals surface area (Å²) in [7, 11) is 0. The third kappa shape index (κ3) is 10.7. The molecule has 2 saturated heterocycles. The number of nitro groups is 2. The zero-order chi connectivity index (χ0) is 54.5. The van der Waals surface area contributed by atoms with Gasteiger partial charge in [0.25, 0.3) is 0 Å². The molecule has 12 rings (SSSR count). The Labute approximate surface area is 472 Å². The van der Waals surface area contributed by atoms with Crippen LogP contribution in [0.25, 0.3) is 33.1 Å². The maximum atomic E-state index is 13.1. The van der Waals surface area contributed by atoms with E-state index in [2.05, 4.69) is 87.3 Å². The van der Waals surface area contributed by atoms with Gasteiger partial charge in [0.2, 0.25) is 0 Å². The number of aromatic nitrogens is 4. The summed E-state index contributed by atoms with van der Waals surface area (Å²) in [4.78, 5) is 42.1. The van der Waals surface area contributed by atoms with Crippen LogP contribution in [0.15, 0.2) is 193 Å². The maximum absolute atomic E-state index is 13.1. The highest BCUT2D eigenvalue weighted by Crippen LogP contribution is 2.46. The van der Waals surface area contributed by atoms with Crippen LogP contribution in [-0.2, 0) is 15.0 Å². The van der Waals surface area contributed by atoms with Crippen molar-refractivity contribution in [3.05, 3.63) is 240 Å². The molecule has 3 aromatic heterocycles. The van der Waals surface area contributed by atoms with Crippen LogP contribution in [0.1, 0.15) is 16.7 Å². The van der Waals surface area contributed by atoms with E-state index in [1.807, 2.05) is 97.2 Å². The van der Waals surface area contributed by atoms with Gasteiger partial charge in [-0.05, 0) is 81.2 Å². The van der Waals surface area contributed by atoms with E-state index in [9.17, 15) is 20.2 Å². The molecule has 0 unspecified atom stereocenters. The molecular formula is C60H49BrCl2N10O6. The van der Waals surface area contributed by atoms with E-state index in [0.717, 1.165) is 51.9 Å². The van der Waals surface area contributed by atoms with Gasteiger partial charge < -0.3 is 34.5 Å². The number of nitro benzene ring substituents is 2. The minimum Gasteiger partial charge on any atom is -0.378 e. The quantitative estimate of drug-likeness (QED) is 0.0633. The smallest absolute Gasteiger partial charge is 0.306 e. The lowest BCUT2D eigenvalue weighted by molar-refractivity contribution is -0.384. The number of benzene rings is 7.